The van der Waals surface area contributed by atoms with Crippen LogP contribution in [0.3, 0.4) is 0 Å². The largest absolute Gasteiger partial charge is 0.233 e. The monoisotopic (exact) mass is 83.1 g/mol. The molecule has 0 heteroatoms. The summed E-state index contributed by atoms with van der Waals surface area (Å²) >= 11 is 0. The van der Waals surface area contributed by atoms with Crippen molar-refractivity contribution < 1.29 is 0 Å². The van der Waals surface area contributed by atoms with E-state index in [2.05, 4.69) is 19.9 Å². The van der Waals surface area contributed by atoms with Gasteiger partial charge in [-0.1, -0.05) is 0 Å². The molecule has 0 amide bonds. The first-order valence-electron chi connectivity index (χ1n) is 2.20. The lowest BCUT2D eigenvalue weighted by molar-refractivity contribution is 1.20. The Hall–Kier alpha value is -0.390. The average Bonchev–Trinajstić information content (AvgIpc) is 1.35. The van der Waals surface area contributed by atoms with Crippen molar-refractivity contribution in [2.24, 2.45) is 0 Å². The predicted molar refractivity (Wildman–Crippen MR) is 29.4 cm³/mol. The van der Waals surface area contributed by atoms with E-state index in [0.717, 1.165) is 0 Å². The zero-order valence-electron chi connectivity index (χ0n) is 4.65. The molecule has 0 rings (SSSR count). The minimum atomic E-state index is 1.36. The van der Waals surface area contributed by atoms with E-state index in [4.69, 9.17) is 0 Å². The first-order valence-corrected chi connectivity index (χ1v) is 2.20. The Morgan fingerprint density at radius 3 is 1.83 bits per heavy atom. The lowest BCUT2D eigenvalue weighted by Gasteiger charge is -2.00. The van der Waals surface area contributed by atoms with E-state index in [0.29, 0.717) is 0 Å². The predicted octanol–water partition coefficient (Wildman–Crippen LogP) is 2.18. The summed E-state index contributed by atoms with van der Waals surface area (Å²) < 4.78 is 0. The molecule has 0 atom stereocenters. The van der Waals surface area contributed by atoms with Crippen LogP contribution in [-0.4, -0.2) is 0 Å². The zero-order valence-corrected chi connectivity index (χ0v) is 4.65. The van der Waals surface area contributed by atoms with Crippen molar-refractivity contribution in [2.45, 2.75) is 20.8 Å². The van der Waals surface area contributed by atoms with Crippen LogP contribution in [0.2, 0.25) is 0 Å². The SMILES string of the molecule is CC=C[C-](C)C. The van der Waals surface area contributed by atoms with E-state index < -0.39 is 0 Å². The maximum Gasteiger partial charge on any atom is -0.111 e. The third-order valence-corrected chi connectivity index (χ3v) is 0.500. The summed E-state index contributed by atoms with van der Waals surface area (Å²) in [6.45, 7) is 6.19. The summed E-state index contributed by atoms with van der Waals surface area (Å²) in [5, 5.41) is 0. The van der Waals surface area contributed by atoms with Crippen LogP contribution in [-0.2, 0) is 0 Å². The highest BCUT2D eigenvalue weighted by Crippen LogP contribution is 1.93. The van der Waals surface area contributed by atoms with Gasteiger partial charge >= 0.3 is 0 Å². The van der Waals surface area contributed by atoms with Gasteiger partial charge in [-0.25, -0.2) is 18.1 Å². The first-order chi connectivity index (χ1) is 2.77. The molecule has 0 saturated carbocycles. The van der Waals surface area contributed by atoms with Crippen molar-refractivity contribution in [2.75, 3.05) is 0 Å². The van der Waals surface area contributed by atoms with Crippen LogP contribution in [0.5, 0.6) is 0 Å². The van der Waals surface area contributed by atoms with Gasteiger partial charge in [-0.15, -0.1) is 20.8 Å². The third-order valence-electron chi connectivity index (χ3n) is 0.500. The summed E-state index contributed by atoms with van der Waals surface area (Å²) in [4.78, 5) is 0. The second-order valence-corrected chi connectivity index (χ2v) is 1.58. The minimum absolute atomic E-state index is 1.36. The van der Waals surface area contributed by atoms with Gasteiger partial charge in [-0.05, 0) is 0 Å². The number of allylic oxidation sites excluding steroid dienone is 2. The van der Waals surface area contributed by atoms with E-state index in [1.807, 2.05) is 13.0 Å². The second-order valence-electron chi connectivity index (χ2n) is 1.58. The maximum absolute atomic E-state index is 2.08. The summed E-state index contributed by atoms with van der Waals surface area (Å²) in [7, 11) is 0. The molecule has 36 valence electrons. The fraction of sp³-hybridized carbons (Fsp3) is 0.500. The molecule has 0 bridgehead atoms. The molecular weight excluding hydrogens is 72.1 g/mol. The third kappa shape index (κ3) is 3.61. The van der Waals surface area contributed by atoms with E-state index in [9.17, 15) is 0 Å². The van der Waals surface area contributed by atoms with Gasteiger partial charge < -0.3 is 0 Å². The lowest BCUT2D eigenvalue weighted by atomic mass is 10.2. The minimum Gasteiger partial charge on any atom is -0.233 e. The van der Waals surface area contributed by atoms with E-state index >= 15 is 0 Å². The second kappa shape index (κ2) is 2.83. The molecule has 0 radical (unpaired) electrons. The van der Waals surface area contributed by atoms with Crippen molar-refractivity contribution in [3.05, 3.63) is 18.1 Å². The van der Waals surface area contributed by atoms with Crippen molar-refractivity contribution in [1.29, 1.82) is 0 Å². The average molecular weight is 83.2 g/mol. The van der Waals surface area contributed by atoms with Gasteiger partial charge in [0.2, 0.25) is 0 Å². The molecular formula is C6H11-. The van der Waals surface area contributed by atoms with Gasteiger partial charge in [0.05, 0.1) is 0 Å². The summed E-state index contributed by atoms with van der Waals surface area (Å²) in [5.41, 5.74) is 0. The molecule has 0 unspecified atom stereocenters. The van der Waals surface area contributed by atoms with E-state index in [1.54, 1.807) is 0 Å². The molecule has 0 aromatic heterocycles. The van der Waals surface area contributed by atoms with Gasteiger partial charge in [-0.2, -0.15) is 0 Å². The van der Waals surface area contributed by atoms with Gasteiger partial charge in [0.1, 0.15) is 0 Å². The molecule has 0 aromatic rings. The highest BCUT2D eigenvalue weighted by atomic mass is 13.8. The van der Waals surface area contributed by atoms with Crippen LogP contribution in [0.15, 0.2) is 12.2 Å². The summed E-state index contributed by atoms with van der Waals surface area (Å²) in [6, 6.07) is 0. The quantitative estimate of drug-likeness (QED) is 0.426. The van der Waals surface area contributed by atoms with Gasteiger partial charge in [0, 0.05) is 0 Å². The van der Waals surface area contributed by atoms with Crippen molar-refractivity contribution in [3.63, 3.8) is 0 Å². The molecule has 0 fully saturated rings. The Morgan fingerprint density at radius 1 is 1.33 bits per heavy atom. The Bertz CT molecular complexity index is 42.0. The molecule has 0 aliphatic rings. The van der Waals surface area contributed by atoms with Gasteiger partial charge in [-0.3, -0.25) is 0 Å². The van der Waals surface area contributed by atoms with Crippen LogP contribution in [0.1, 0.15) is 20.8 Å². The molecule has 0 saturated heterocycles. The summed E-state index contributed by atoms with van der Waals surface area (Å²) in [5.74, 6) is 1.36. The van der Waals surface area contributed by atoms with Crippen LogP contribution < -0.4 is 0 Å². The number of rotatable bonds is 1. The molecule has 0 heterocycles. The molecule has 0 N–H and O–H groups in total. The molecule has 0 spiro atoms. The van der Waals surface area contributed by atoms with Crippen molar-refractivity contribution in [3.8, 4) is 0 Å². The lowest BCUT2D eigenvalue weighted by Crippen LogP contribution is -1.69. The van der Waals surface area contributed by atoms with Crippen LogP contribution >= 0.6 is 0 Å². The van der Waals surface area contributed by atoms with Crippen LogP contribution in [0.4, 0.5) is 0 Å². The fourth-order valence-corrected chi connectivity index (χ4v) is 0.333. The topological polar surface area (TPSA) is 0 Å². The van der Waals surface area contributed by atoms with Crippen LogP contribution in [0, 0.1) is 5.92 Å². The molecule has 0 aliphatic carbocycles. The number of hydrogen-bond acceptors (Lipinski definition) is 0. The smallest absolute Gasteiger partial charge is 0.111 e. The Balaban J connectivity index is 3.03. The molecule has 0 aromatic carbocycles. The van der Waals surface area contributed by atoms with Gasteiger partial charge in [0.15, 0.2) is 0 Å². The zero-order chi connectivity index (χ0) is 4.99. The highest BCUT2D eigenvalue weighted by molar-refractivity contribution is 5.01. The fourth-order valence-electron chi connectivity index (χ4n) is 0.333. The molecule has 6 heavy (non-hydrogen) atoms. The Morgan fingerprint density at radius 2 is 1.83 bits per heavy atom. The highest BCUT2D eigenvalue weighted by Gasteiger charge is 1.62. The van der Waals surface area contributed by atoms with Crippen LogP contribution in [0.25, 0.3) is 0 Å². The number of hydrogen-bond donors (Lipinski definition) is 0. The van der Waals surface area contributed by atoms with Crippen molar-refractivity contribution >= 4 is 0 Å². The first kappa shape index (κ1) is 5.61. The Labute approximate surface area is 39.9 Å². The molecule has 0 nitrogen and oxygen atoms in total. The van der Waals surface area contributed by atoms with E-state index in [-0.39, 0.29) is 0 Å². The molecule has 0 aliphatic heterocycles. The summed E-state index contributed by atoms with van der Waals surface area (Å²) in [6.07, 6.45) is 4.12. The van der Waals surface area contributed by atoms with Crippen molar-refractivity contribution in [1.82, 2.24) is 0 Å². The maximum atomic E-state index is 2.08. The Kier molecular flexibility index (Phi) is 2.64. The van der Waals surface area contributed by atoms with Gasteiger partial charge in [0.25, 0.3) is 0 Å². The van der Waals surface area contributed by atoms with E-state index in [1.165, 1.54) is 5.92 Å². The normalized spacial score (nSPS) is 9.83. The standard InChI is InChI=1S/C6H11/c1-4-5-6(2)3/h4-5H,1-3H3/q-1.